The van der Waals surface area contributed by atoms with Crippen LogP contribution in [0.5, 0.6) is 5.75 Å². The average molecular weight is 303 g/mol. The Bertz CT molecular complexity index is 689. The van der Waals surface area contributed by atoms with Crippen molar-refractivity contribution >= 4 is 27.0 Å². The summed E-state index contributed by atoms with van der Waals surface area (Å²) < 4.78 is 6.14. The van der Waals surface area contributed by atoms with Gasteiger partial charge in [-0.2, -0.15) is 0 Å². The van der Waals surface area contributed by atoms with Crippen LogP contribution in [0.15, 0.2) is 47.2 Å². The highest BCUT2D eigenvalue weighted by molar-refractivity contribution is 9.10. The molecule has 0 bridgehead atoms. The Labute approximate surface area is 113 Å². The second-order valence-electron chi connectivity index (χ2n) is 3.98. The van der Waals surface area contributed by atoms with E-state index < -0.39 is 0 Å². The zero-order valence-electron chi connectivity index (χ0n) is 9.77. The lowest BCUT2D eigenvalue weighted by Crippen LogP contribution is -1.82. The number of benzene rings is 1. The van der Waals surface area contributed by atoms with E-state index in [9.17, 15) is 0 Å². The van der Waals surface area contributed by atoms with Gasteiger partial charge in [-0.15, -0.1) is 0 Å². The van der Waals surface area contributed by atoms with E-state index in [-0.39, 0.29) is 0 Å². The zero-order chi connectivity index (χ0) is 12.5. The number of nitrogens with one attached hydrogen (secondary N) is 1. The van der Waals surface area contributed by atoms with Crippen LogP contribution in [-0.4, -0.2) is 17.1 Å². The smallest absolute Gasteiger partial charge is 0.137 e. The monoisotopic (exact) mass is 302 g/mol. The minimum Gasteiger partial charge on any atom is -0.497 e. The fraction of sp³-hybridized carbons (Fsp3) is 0.0714. The number of methoxy groups -OCH3 is 1. The fourth-order valence-electron chi connectivity index (χ4n) is 1.99. The van der Waals surface area contributed by atoms with Gasteiger partial charge in [-0.1, -0.05) is 12.1 Å². The highest BCUT2D eigenvalue weighted by Crippen LogP contribution is 2.30. The summed E-state index contributed by atoms with van der Waals surface area (Å²) in [4.78, 5) is 7.51. The van der Waals surface area contributed by atoms with Crippen LogP contribution in [0, 0.1) is 0 Å². The molecule has 4 heteroatoms. The summed E-state index contributed by atoms with van der Waals surface area (Å²) in [5.74, 6) is 0.859. The molecule has 3 aromatic rings. The van der Waals surface area contributed by atoms with Crippen LogP contribution in [0.4, 0.5) is 0 Å². The zero-order valence-corrected chi connectivity index (χ0v) is 11.4. The van der Waals surface area contributed by atoms with Gasteiger partial charge in [0.15, 0.2) is 0 Å². The lowest BCUT2D eigenvalue weighted by atomic mass is 10.1. The van der Waals surface area contributed by atoms with Gasteiger partial charge in [0.05, 0.1) is 7.11 Å². The first-order chi connectivity index (χ1) is 8.78. The van der Waals surface area contributed by atoms with Gasteiger partial charge in [0.1, 0.15) is 11.4 Å². The number of aromatic nitrogens is 2. The molecular formula is C14H11BrN2O. The maximum Gasteiger partial charge on any atom is 0.137 e. The molecule has 0 aliphatic rings. The van der Waals surface area contributed by atoms with Gasteiger partial charge in [-0.05, 0) is 39.7 Å². The Morgan fingerprint density at radius 1 is 1.22 bits per heavy atom. The highest BCUT2D eigenvalue weighted by atomic mass is 79.9. The van der Waals surface area contributed by atoms with E-state index in [1.165, 1.54) is 0 Å². The minimum atomic E-state index is 0.859. The molecule has 0 spiro atoms. The van der Waals surface area contributed by atoms with E-state index in [1.54, 1.807) is 13.3 Å². The van der Waals surface area contributed by atoms with Crippen molar-refractivity contribution in [2.45, 2.75) is 0 Å². The van der Waals surface area contributed by atoms with Gasteiger partial charge in [-0.3, -0.25) is 0 Å². The minimum absolute atomic E-state index is 0.859. The molecule has 1 aromatic carbocycles. The van der Waals surface area contributed by atoms with Crippen molar-refractivity contribution < 1.29 is 4.74 Å². The molecule has 3 rings (SSSR count). The molecule has 0 amide bonds. The third kappa shape index (κ3) is 1.88. The lowest BCUT2D eigenvalue weighted by Gasteiger charge is -2.02. The molecule has 1 N–H and O–H groups in total. The van der Waals surface area contributed by atoms with Crippen LogP contribution in [0.25, 0.3) is 22.2 Å². The second-order valence-corrected chi connectivity index (χ2v) is 4.90. The van der Waals surface area contributed by atoms with Gasteiger partial charge in [0.2, 0.25) is 0 Å². The van der Waals surface area contributed by atoms with Crippen LogP contribution in [0.2, 0.25) is 0 Å². The fourth-order valence-corrected chi connectivity index (χ4v) is 2.32. The maximum absolute atomic E-state index is 5.17. The van der Waals surface area contributed by atoms with Gasteiger partial charge >= 0.3 is 0 Å². The van der Waals surface area contributed by atoms with Gasteiger partial charge in [0.25, 0.3) is 0 Å². The SMILES string of the molecule is COc1ccc(-c2c[nH]c3ncc(Br)cc23)cc1. The number of fused-ring (bicyclic) bond motifs is 1. The van der Waals surface area contributed by atoms with Gasteiger partial charge in [-0.25, -0.2) is 4.98 Å². The Kier molecular flexibility index (Phi) is 2.80. The first kappa shape index (κ1) is 11.3. The van der Waals surface area contributed by atoms with Crippen LogP contribution in [0.3, 0.4) is 0 Å². The Morgan fingerprint density at radius 2 is 2.00 bits per heavy atom. The molecule has 0 radical (unpaired) electrons. The van der Waals surface area contributed by atoms with Crippen molar-refractivity contribution in [2.75, 3.05) is 7.11 Å². The van der Waals surface area contributed by atoms with Crippen molar-refractivity contribution in [3.05, 3.63) is 47.2 Å². The molecular weight excluding hydrogens is 292 g/mol. The average Bonchev–Trinajstić information content (AvgIpc) is 2.82. The lowest BCUT2D eigenvalue weighted by molar-refractivity contribution is 0.415. The summed E-state index contributed by atoms with van der Waals surface area (Å²) in [5.41, 5.74) is 3.17. The van der Waals surface area contributed by atoms with E-state index in [2.05, 4.69) is 32.0 Å². The summed E-state index contributed by atoms with van der Waals surface area (Å²) >= 11 is 3.45. The first-order valence-electron chi connectivity index (χ1n) is 5.55. The van der Waals surface area contributed by atoms with Crippen molar-refractivity contribution in [1.82, 2.24) is 9.97 Å². The molecule has 90 valence electrons. The normalized spacial score (nSPS) is 10.8. The summed E-state index contributed by atoms with van der Waals surface area (Å²) in [7, 11) is 1.67. The molecule has 0 aliphatic heterocycles. The Hall–Kier alpha value is -1.81. The number of nitrogens with zero attached hydrogens (tertiary/aromatic N) is 1. The molecule has 0 aliphatic carbocycles. The topological polar surface area (TPSA) is 37.9 Å². The van der Waals surface area contributed by atoms with E-state index in [1.807, 2.05) is 30.5 Å². The van der Waals surface area contributed by atoms with E-state index >= 15 is 0 Å². The number of pyridine rings is 1. The summed E-state index contributed by atoms with van der Waals surface area (Å²) in [6.07, 6.45) is 3.77. The molecule has 0 unspecified atom stereocenters. The molecule has 3 nitrogen and oxygen atoms in total. The maximum atomic E-state index is 5.17. The molecule has 18 heavy (non-hydrogen) atoms. The largest absolute Gasteiger partial charge is 0.497 e. The van der Waals surface area contributed by atoms with Crippen molar-refractivity contribution in [2.24, 2.45) is 0 Å². The Balaban J connectivity index is 2.15. The molecule has 0 fully saturated rings. The number of hydrogen-bond donors (Lipinski definition) is 1. The quantitative estimate of drug-likeness (QED) is 0.777. The summed E-state index contributed by atoms with van der Waals surface area (Å²) in [6.45, 7) is 0. The molecule has 2 aromatic heterocycles. The third-order valence-corrected chi connectivity index (χ3v) is 3.33. The summed E-state index contributed by atoms with van der Waals surface area (Å²) in [6, 6.07) is 10.1. The van der Waals surface area contributed by atoms with Gasteiger partial charge < -0.3 is 9.72 Å². The van der Waals surface area contributed by atoms with Crippen LogP contribution in [-0.2, 0) is 0 Å². The number of hydrogen-bond acceptors (Lipinski definition) is 2. The number of halogens is 1. The van der Waals surface area contributed by atoms with Crippen molar-refractivity contribution in [1.29, 1.82) is 0 Å². The number of ether oxygens (including phenoxy) is 1. The molecule has 0 saturated carbocycles. The molecule has 0 atom stereocenters. The van der Waals surface area contributed by atoms with Crippen LogP contribution < -0.4 is 4.74 Å². The standard InChI is InChI=1S/C14H11BrN2O/c1-18-11-4-2-9(3-5-11)13-8-17-14-12(13)6-10(15)7-16-14/h2-8H,1H3,(H,16,17). The Morgan fingerprint density at radius 3 is 2.72 bits per heavy atom. The number of H-pyrrole nitrogens is 1. The number of rotatable bonds is 2. The predicted molar refractivity (Wildman–Crippen MR) is 75.8 cm³/mol. The number of aromatic amines is 1. The molecule has 2 heterocycles. The van der Waals surface area contributed by atoms with Gasteiger partial charge in [0, 0.05) is 27.8 Å². The second kappa shape index (κ2) is 4.46. The van der Waals surface area contributed by atoms with Crippen molar-refractivity contribution in [3.8, 4) is 16.9 Å². The van der Waals surface area contributed by atoms with Crippen LogP contribution in [0.1, 0.15) is 0 Å². The third-order valence-electron chi connectivity index (χ3n) is 2.90. The van der Waals surface area contributed by atoms with E-state index in [4.69, 9.17) is 4.74 Å². The van der Waals surface area contributed by atoms with E-state index in [0.717, 1.165) is 32.4 Å². The molecule has 0 saturated heterocycles. The predicted octanol–water partition coefficient (Wildman–Crippen LogP) is 4.00. The van der Waals surface area contributed by atoms with Crippen molar-refractivity contribution in [3.63, 3.8) is 0 Å². The summed E-state index contributed by atoms with van der Waals surface area (Å²) in [5, 5.41) is 1.11. The van der Waals surface area contributed by atoms with E-state index in [0.29, 0.717) is 0 Å². The highest BCUT2D eigenvalue weighted by Gasteiger charge is 2.07. The van der Waals surface area contributed by atoms with Crippen LogP contribution >= 0.6 is 15.9 Å². The first-order valence-corrected chi connectivity index (χ1v) is 6.34.